The van der Waals surface area contributed by atoms with Gasteiger partial charge in [-0.2, -0.15) is 12.6 Å². The first-order valence-electron chi connectivity index (χ1n) is 4.55. The molecule has 1 aromatic carbocycles. The molecule has 1 aliphatic rings. The molecule has 0 radical (unpaired) electrons. The highest BCUT2D eigenvalue weighted by Gasteiger charge is 2.17. The predicted octanol–water partition coefficient (Wildman–Crippen LogP) is 3.30. The standard InChI is InChI=1S/C11H14S/c1-8-4-2-5-9-6-3-7-10(12)11(8)9/h2,4-5,10,12H,3,6-7H2,1H3. The molecule has 0 fully saturated rings. The van der Waals surface area contributed by atoms with E-state index in [0.29, 0.717) is 5.25 Å². The molecule has 0 saturated heterocycles. The fourth-order valence-electron chi connectivity index (χ4n) is 2.07. The van der Waals surface area contributed by atoms with Crippen molar-refractivity contribution >= 4 is 12.6 Å². The van der Waals surface area contributed by atoms with Crippen molar-refractivity contribution in [1.29, 1.82) is 0 Å². The molecule has 0 aromatic heterocycles. The molecule has 1 aliphatic carbocycles. The number of benzene rings is 1. The van der Waals surface area contributed by atoms with Gasteiger partial charge in [0.25, 0.3) is 0 Å². The minimum Gasteiger partial charge on any atom is -0.171 e. The van der Waals surface area contributed by atoms with E-state index in [1.807, 2.05) is 0 Å². The van der Waals surface area contributed by atoms with E-state index in [2.05, 4.69) is 37.8 Å². The number of hydrogen-bond acceptors (Lipinski definition) is 1. The van der Waals surface area contributed by atoms with Crippen molar-refractivity contribution in [3.8, 4) is 0 Å². The van der Waals surface area contributed by atoms with E-state index in [1.165, 1.54) is 36.0 Å². The van der Waals surface area contributed by atoms with Gasteiger partial charge in [-0.3, -0.25) is 0 Å². The van der Waals surface area contributed by atoms with E-state index in [4.69, 9.17) is 0 Å². The minimum atomic E-state index is 0.481. The average Bonchev–Trinajstić information content (AvgIpc) is 2.04. The van der Waals surface area contributed by atoms with Crippen LogP contribution in [-0.4, -0.2) is 0 Å². The number of hydrogen-bond donors (Lipinski definition) is 1. The molecule has 64 valence electrons. The Balaban J connectivity index is 2.53. The second-order valence-corrected chi connectivity index (χ2v) is 4.18. The topological polar surface area (TPSA) is 0 Å². The van der Waals surface area contributed by atoms with E-state index in [9.17, 15) is 0 Å². The van der Waals surface area contributed by atoms with E-state index in [0.717, 1.165) is 0 Å². The zero-order valence-electron chi connectivity index (χ0n) is 7.38. The van der Waals surface area contributed by atoms with Crippen LogP contribution in [0.4, 0.5) is 0 Å². The summed E-state index contributed by atoms with van der Waals surface area (Å²) in [4.78, 5) is 0. The molecule has 0 aliphatic heterocycles. The fourth-order valence-corrected chi connectivity index (χ4v) is 2.62. The van der Waals surface area contributed by atoms with Crippen LogP contribution >= 0.6 is 12.6 Å². The van der Waals surface area contributed by atoms with Gasteiger partial charge in [-0.1, -0.05) is 18.2 Å². The lowest BCUT2D eigenvalue weighted by Crippen LogP contribution is -2.06. The molecule has 1 aromatic rings. The Morgan fingerprint density at radius 3 is 3.00 bits per heavy atom. The van der Waals surface area contributed by atoms with Crippen molar-refractivity contribution < 1.29 is 0 Å². The van der Waals surface area contributed by atoms with Gasteiger partial charge in [-0.05, 0) is 42.9 Å². The quantitative estimate of drug-likeness (QED) is 0.579. The smallest absolute Gasteiger partial charge is 0.0272 e. The van der Waals surface area contributed by atoms with E-state index >= 15 is 0 Å². The number of rotatable bonds is 0. The third kappa shape index (κ3) is 1.27. The van der Waals surface area contributed by atoms with E-state index < -0.39 is 0 Å². The van der Waals surface area contributed by atoms with Crippen molar-refractivity contribution in [3.63, 3.8) is 0 Å². The van der Waals surface area contributed by atoms with Crippen LogP contribution in [-0.2, 0) is 6.42 Å². The maximum atomic E-state index is 4.61. The van der Waals surface area contributed by atoms with Gasteiger partial charge >= 0.3 is 0 Å². The summed E-state index contributed by atoms with van der Waals surface area (Å²) < 4.78 is 0. The fraction of sp³-hybridized carbons (Fsp3) is 0.455. The second-order valence-electron chi connectivity index (χ2n) is 3.56. The maximum absolute atomic E-state index is 4.61. The van der Waals surface area contributed by atoms with Crippen LogP contribution in [0.5, 0.6) is 0 Å². The van der Waals surface area contributed by atoms with Crippen LogP contribution in [0.15, 0.2) is 18.2 Å². The summed E-state index contributed by atoms with van der Waals surface area (Å²) in [6.45, 7) is 2.19. The zero-order chi connectivity index (χ0) is 8.55. The molecular formula is C11H14S. The van der Waals surface area contributed by atoms with Crippen molar-refractivity contribution in [1.82, 2.24) is 0 Å². The third-order valence-electron chi connectivity index (χ3n) is 2.67. The zero-order valence-corrected chi connectivity index (χ0v) is 8.27. The Labute approximate surface area is 79.4 Å². The predicted molar refractivity (Wildman–Crippen MR) is 55.8 cm³/mol. The van der Waals surface area contributed by atoms with Gasteiger partial charge in [0.15, 0.2) is 0 Å². The van der Waals surface area contributed by atoms with Gasteiger partial charge < -0.3 is 0 Å². The summed E-state index contributed by atoms with van der Waals surface area (Å²) in [5.41, 5.74) is 4.42. The van der Waals surface area contributed by atoms with E-state index in [-0.39, 0.29) is 0 Å². The normalized spacial score (nSPS) is 22.0. The van der Waals surface area contributed by atoms with E-state index in [1.54, 1.807) is 0 Å². The molecule has 0 heterocycles. The van der Waals surface area contributed by atoms with Crippen molar-refractivity contribution in [2.45, 2.75) is 31.4 Å². The molecule has 1 heteroatoms. The Morgan fingerprint density at radius 1 is 1.42 bits per heavy atom. The van der Waals surface area contributed by atoms with Crippen LogP contribution in [0.1, 0.15) is 34.8 Å². The first-order valence-corrected chi connectivity index (χ1v) is 5.07. The van der Waals surface area contributed by atoms with Gasteiger partial charge in [-0.25, -0.2) is 0 Å². The Hall–Kier alpha value is -0.430. The molecule has 2 rings (SSSR count). The monoisotopic (exact) mass is 178 g/mol. The van der Waals surface area contributed by atoms with Gasteiger partial charge in [0, 0.05) is 5.25 Å². The lowest BCUT2D eigenvalue weighted by Gasteiger charge is -2.23. The van der Waals surface area contributed by atoms with Gasteiger partial charge in [0.05, 0.1) is 0 Å². The number of aryl methyl sites for hydroxylation is 2. The van der Waals surface area contributed by atoms with Crippen LogP contribution in [0.25, 0.3) is 0 Å². The second kappa shape index (κ2) is 3.14. The first-order chi connectivity index (χ1) is 5.79. The molecule has 1 unspecified atom stereocenters. The highest BCUT2D eigenvalue weighted by molar-refractivity contribution is 7.80. The summed E-state index contributed by atoms with van der Waals surface area (Å²) in [7, 11) is 0. The molecule has 1 atom stereocenters. The molecule has 0 saturated carbocycles. The number of fused-ring (bicyclic) bond motifs is 1. The Morgan fingerprint density at radius 2 is 2.25 bits per heavy atom. The Bertz CT molecular complexity index is 291. The summed E-state index contributed by atoms with van der Waals surface area (Å²) in [6.07, 6.45) is 3.78. The SMILES string of the molecule is Cc1cccc2c1C(S)CCC2. The Kier molecular flexibility index (Phi) is 2.14. The molecule has 0 N–H and O–H groups in total. The van der Waals surface area contributed by atoms with Gasteiger partial charge in [-0.15, -0.1) is 0 Å². The minimum absolute atomic E-state index is 0.481. The molecular weight excluding hydrogens is 164 g/mol. The average molecular weight is 178 g/mol. The van der Waals surface area contributed by atoms with Crippen LogP contribution in [0, 0.1) is 6.92 Å². The molecule has 0 nitrogen and oxygen atoms in total. The highest BCUT2D eigenvalue weighted by atomic mass is 32.1. The van der Waals surface area contributed by atoms with Crippen molar-refractivity contribution in [2.75, 3.05) is 0 Å². The lowest BCUT2D eigenvalue weighted by atomic mass is 9.88. The van der Waals surface area contributed by atoms with Crippen molar-refractivity contribution in [3.05, 3.63) is 34.9 Å². The summed E-state index contributed by atoms with van der Waals surface area (Å²) in [5, 5.41) is 0.481. The van der Waals surface area contributed by atoms with Gasteiger partial charge in [0.2, 0.25) is 0 Å². The largest absolute Gasteiger partial charge is 0.171 e. The molecule has 12 heavy (non-hydrogen) atoms. The lowest BCUT2D eigenvalue weighted by molar-refractivity contribution is 0.673. The summed E-state index contributed by atoms with van der Waals surface area (Å²) in [5.74, 6) is 0. The summed E-state index contributed by atoms with van der Waals surface area (Å²) in [6, 6.07) is 6.58. The van der Waals surface area contributed by atoms with Crippen LogP contribution in [0.3, 0.4) is 0 Å². The molecule has 0 amide bonds. The molecule has 0 spiro atoms. The summed E-state index contributed by atoms with van der Waals surface area (Å²) >= 11 is 4.61. The van der Waals surface area contributed by atoms with Crippen LogP contribution < -0.4 is 0 Å². The van der Waals surface area contributed by atoms with Crippen LogP contribution in [0.2, 0.25) is 0 Å². The molecule has 0 bridgehead atoms. The highest BCUT2D eigenvalue weighted by Crippen LogP contribution is 2.35. The van der Waals surface area contributed by atoms with Crippen molar-refractivity contribution in [2.24, 2.45) is 0 Å². The first kappa shape index (κ1) is 8.18. The maximum Gasteiger partial charge on any atom is 0.0272 e. The number of thiol groups is 1. The van der Waals surface area contributed by atoms with Gasteiger partial charge in [0.1, 0.15) is 0 Å². The third-order valence-corrected chi connectivity index (χ3v) is 3.19.